The Hall–Kier alpha value is -6.20. The summed E-state index contributed by atoms with van der Waals surface area (Å²) in [7, 11) is 0. The summed E-state index contributed by atoms with van der Waals surface area (Å²) in [6.45, 7) is 0. The number of hydrogen-bond acceptors (Lipinski definition) is 3. The molecule has 4 heterocycles. The van der Waals surface area contributed by atoms with Crippen LogP contribution in [-0.2, 0) is 0 Å². The van der Waals surface area contributed by atoms with Gasteiger partial charge >= 0.3 is 0 Å². The molecular weight excluding hydrogens is 552 g/mol. The fourth-order valence-electron chi connectivity index (χ4n) is 6.50. The predicted molar refractivity (Wildman–Crippen MR) is 183 cm³/mol. The van der Waals surface area contributed by atoms with E-state index < -0.39 is 0 Å². The van der Waals surface area contributed by atoms with Crippen LogP contribution in [0.3, 0.4) is 0 Å². The second-order valence-corrected chi connectivity index (χ2v) is 11.1. The molecule has 4 aromatic heterocycles. The zero-order valence-electron chi connectivity index (χ0n) is 24.2. The minimum atomic E-state index is 0.754. The average Bonchev–Trinajstić information content (AvgIpc) is 3.60. The Morgan fingerprint density at radius 3 is 1.91 bits per heavy atom. The van der Waals surface area contributed by atoms with E-state index in [0.29, 0.717) is 0 Å². The highest BCUT2D eigenvalue weighted by molar-refractivity contribution is 6.19. The number of para-hydroxylation sites is 2. The van der Waals surface area contributed by atoms with Crippen LogP contribution in [0.1, 0.15) is 0 Å². The maximum Gasteiger partial charge on any atom is 0.137 e. The monoisotopic (exact) mass is 578 g/mol. The lowest BCUT2D eigenvalue weighted by molar-refractivity contribution is 0.483. The number of hydrogen-bond donors (Lipinski definition) is 0. The van der Waals surface area contributed by atoms with Crippen LogP contribution in [0.25, 0.3) is 66.4 Å². The molecule has 0 spiro atoms. The van der Waals surface area contributed by atoms with E-state index in [1.165, 1.54) is 21.8 Å². The van der Waals surface area contributed by atoms with Crippen molar-refractivity contribution in [3.8, 4) is 34.3 Å². The Kier molecular flexibility index (Phi) is 5.74. The molecule has 0 saturated carbocycles. The van der Waals surface area contributed by atoms with E-state index in [4.69, 9.17) is 9.72 Å². The average molecular weight is 579 g/mol. The Balaban J connectivity index is 1.27. The van der Waals surface area contributed by atoms with Crippen molar-refractivity contribution >= 4 is 43.6 Å². The molecule has 0 amide bonds. The summed E-state index contributed by atoms with van der Waals surface area (Å²) in [5.41, 5.74) is 7.54. The van der Waals surface area contributed by atoms with Crippen LogP contribution in [0.4, 0.5) is 0 Å². The Morgan fingerprint density at radius 2 is 1.11 bits per heavy atom. The number of benzene rings is 5. The fourth-order valence-corrected chi connectivity index (χ4v) is 6.50. The topological polar surface area (TPSA) is 44.9 Å². The van der Waals surface area contributed by atoms with E-state index in [9.17, 15) is 0 Å². The summed E-state index contributed by atoms with van der Waals surface area (Å²) in [5, 5.41) is 4.71. The third-order valence-electron chi connectivity index (χ3n) is 8.45. The lowest BCUT2D eigenvalue weighted by Gasteiger charge is -2.10. The predicted octanol–water partition coefficient (Wildman–Crippen LogP) is 10.1. The number of nitrogens with zero attached hydrogens (tertiary/aromatic N) is 4. The minimum absolute atomic E-state index is 0.754. The van der Waals surface area contributed by atoms with Crippen LogP contribution in [0.2, 0.25) is 0 Å². The zero-order valence-corrected chi connectivity index (χ0v) is 24.2. The van der Waals surface area contributed by atoms with Crippen molar-refractivity contribution in [2.75, 3.05) is 0 Å². The van der Waals surface area contributed by atoms with Crippen LogP contribution >= 0.6 is 0 Å². The van der Waals surface area contributed by atoms with Crippen molar-refractivity contribution in [2.45, 2.75) is 0 Å². The van der Waals surface area contributed by atoms with Gasteiger partial charge in [-0.15, -0.1) is 0 Å². The van der Waals surface area contributed by atoms with Gasteiger partial charge in [0, 0.05) is 51.3 Å². The highest BCUT2D eigenvalue weighted by Gasteiger charge is 2.19. The molecule has 0 aliphatic heterocycles. The molecule has 0 aliphatic rings. The van der Waals surface area contributed by atoms with Crippen molar-refractivity contribution in [2.24, 2.45) is 0 Å². The number of rotatable bonds is 5. The highest BCUT2D eigenvalue weighted by atomic mass is 16.5. The summed E-state index contributed by atoms with van der Waals surface area (Å²) >= 11 is 0. The van der Waals surface area contributed by atoms with Gasteiger partial charge in [0.1, 0.15) is 17.3 Å². The van der Waals surface area contributed by atoms with E-state index in [-0.39, 0.29) is 0 Å². The van der Waals surface area contributed by atoms with Gasteiger partial charge < -0.3 is 9.30 Å². The largest absolute Gasteiger partial charge is 0.457 e. The summed E-state index contributed by atoms with van der Waals surface area (Å²) in [6.07, 6.45) is 3.65. The second-order valence-electron chi connectivity index (χ2n) is 11.1. The van der Waals surface area contributed by atoms with Gasteiger partial charge in [0.15, 0.2) is 0 Å². The van der Waals surface area contributed by atoms with Gasteiger partial charge in [0.2, 0.25) is 0 Å². The van der Waals surface area contributed by atoms with E-state index >= 15 is 0 Å². The first-order valence-electron chi connectivity index (χ1n) is 15.0. The van der Waals surface area contributed by atoms with Crippen molar-refractivity contribution in [3.05, 3.63) is 158 Å². The van der Waals surface area contributed by atoms with Gasteiger partial charge in [-0.1, -0.05) is 60.7 Å². The summed E-state index contributed by atoms with van der Waals surface area (Å²) in [6, 6.07) is 50.2. The van der Waals surface area contributed by atoms with Gasteiger partial charge in [-0.25, -0.2) is 4.98 Å². The third-order valence-corrected chi connectivity index (χ3v) is 8.45. The molecule has 5 aromatic carbocycles. The Bertz CT molecular complexity index is 2500. The standard InChI is InChI=1S/C40H26N4O/c1-2-12-28(13-3-1)43-36-17-5-4-15-31(36)33-26-39-34(25-38(33)43)32-20-19-30(24-37(32)44(39)40-18-7-9-22-42-40)45-29-14-10-11-27(23-29)35-16-6-8-21-41-35/h1-26H. The lowest BCUT2D eigenvalue weighted by Crippen LogP contribution is -1.97. The van der Waals surface area contributed by atoms with Crippen LogP contribution in [0.5, 0.6) is 11.5 Å². The summed E-state index contributed by atoms with van der Waals surface area (Å²) in [5.74, 6) is 2.37. The molecule has 9 aromatic rings. The van der Waals surface area contributed by atoms with E-state index in [1.54, 1.807) is 6.20 Å². The molecule has 0 atom stereocenters. The van der Waals surface area contributed by atoms with Crippen LogP contribution < -0.4 is 4.74 Å². The number of aromatic nitrogens is 4. The molecule has 0 aliphatic carbocycles. The molecule has 0 saturated heterocycles. The maximum atomic E-state index is 6.47. The van der Waals surface area contributed by atoms with Gasteiger partial charge in [0.05, 0.1) is 27.8 Å². The molecule has 5 heteroatoms. The molecular formula is C40H26N4O. The Labute approximate surface area is 259 Å². The van der Waals surface area contributed by atoms with E-state index in [0.717, 1.165) is 56.1 Å². The fraction of sp³-hybridized carbons (Fsp3) is 0. The van der Waals surface area contributed by atoms with Crippen LogP contribution in [0, 0.1) is 0 Å². The van der Waals surface area contributed by atoms with Crippen molar-refractivity contribution in [3.63, 3.8) is 0 Å². The van der Waals surface area contributed by atoms with Crippen LogP contribution in [0.15, 0.2) is 158 Å². The number of pyridine rings is 2. The molecule has 5 nitrogen and oxygen atoms in total. The van der Waals surface area contributed by atoms with Gasteiger partial charge in [0.25, 0.3) is 0 Å². The molecule has 0 bridgehead atoms. The molecule has 212 valence electrons. The zero-order chi connectivity index (χ0) is 29.7. The molecule has 0 unspecified atom stereocenters. The van der Waals surface area contributed by atoms with Crippen molar-refractivity contribution in [1.82, 2.24) is 19.1 Å². The third kappa shape index (κ3) is 4.17. The number of ether oxygens (including phenoxy) is 1. The molecule has 0 radical (unpaired) electrons. The normalized spacial score (nSPS) is 11.6. The lowest BCUT2D eigenvalue weighted by atomic mass is 10.1. The molecule has 9 rings (SSSR count). The summed E-state index contributed by atoms with van der Waals surface area (Å²) in [4.78, 5) is 9.29. The van der Waals surface area contributed by atoms with E-state index in [2.05, 4.69) is 105 Å². The first-order chi connectivity index (χ1) is 22.3. The number of fused-ring (bicyclic) bond motifs is 6. The minimum Gasteiger partial charge on any atom is -0.457 e. The first-order valence-corrected chi connectivity index (χ1v) is 15.0. The smallest absolute Gasteiger partial charge is 0.137 e. The maximum absolute atomic E-state index is 6.47. The van der Waals surface area contributed by atoms with Crippen LogP contribution in [-0.4, -0.2) is 19.1 Å². The second kappa shape index (κ2) is 10.2. The Morgan fingerprint density at radius 1 is 0.422 bits per heavy atom. The van der Waals surface area contributed by atoms with Gasteiger partial charge in [-0.3, -0.25) is 9.55 Å². The van der Waals surface area contributed by atoms with Crippen molar-refractivity contribution in [1.29, 1.82) is 0 Å². The van der Waals surface area contributed by atoms with Gasteiger partial charge in [-0.2, -0.15) is 0 Å². The van der Waals surface area contributed by atoms with E-state index in [1.807, 2.05) is 60.8 Å². The van der Waals surface area contributed by atoms with Crippen molar-refractivity contribution < 1.29 is 4.74 Å². The quantitative estimate of drug-likeness (QED) is 0.204. The first kappa shape index (κ1) is 25.3. The molecule has 45 heavy (non-hydrogen) atoms. The molecule has 0 N–H and O–H groups in total. The summed E-state index contributed by atoms with van der Waals surface area (Å²) < 4.78 is 11.1. The SMILES string of the molecule is c1ccc(-n2c3ccccc3c3cc4c(cc32)c2ccc(Oc3cccc(-c5ccccn5)c3)cc2n4-c2ccccn2)cc1. The highest BCUT2D eigenvalue weighted by Crippen LogP contribution is 2.40. The molecule has 0 fully saturated rings. The van der Waals surface area contributed by atoms with Gasteiger partial charge in [-0.05, 0) is 78.9 Å².